The Morgan fingerprint density at radius 3 is 2.88 bits per heavy atom. The minimum atomic E-state index is -0.815. The fourth-order valence-electron chi connectivity index (χ4n) is 1.91. The van der Waals surface area contributed by atoms with Crippen LogP contribution in [0.4, 0.5) is 8.78 Å². The molecule has 0 amide bonds. The number of rotatable bonds is 3. The van der Waals surface area contributed by atoms with Crippen molar-refractivity contribution in [2.45, 2.75) is 12.6 Å². The predicted molar refractivity (Wildman–Crippen MR) is 62.1 cm³/mol. The summed E-state index contributed by atoms with van der Waals surface area (Å²) >= 11 is 5.84. The van der Waals surface area contributed by atoms with Gasteiger partial charge in [-0.3, -0.25) is 4.90 Å². The van der Waals surface area contributed by atoms with Crippen molar-refractivity contribution in [1.82, 2.24) is 4.90 Å². The summed E-state index contributed by atoms with van der Waals surface area (Å²) in [7, 11) is 0. The molecule has 1 aliphatic heterocycles. The lowest BCUT2D eigenvalue weighted by Crippen LogP contribution is -2.45. The van der Waals surface area contributed by atoms with E-state index in [1.54, 1.807) is 6.07 Å². The maximum atomic E-state index is 13.1. The quantitative estimate of drug-likeness (QED) is 0.775. The van der Waals surface area contributed by atoms with Crippen LogP contribution in [-0.4, -0.2) is 36.6 Å². The van der Waals surface area contributed by atoms with E-state index in [2.05, 4.69) is 4.90 Å². The van der Waals surface area contributed by atoms with Crippen LogP contribution in [0.5, 0.6) is 0 Å². The number of hydrogen-bond donors (Lipinski definition) is 0. The summed E-state index contributed by atoms with van der Waals surface area (Å²) in [6, 6.07) is 4.12. The van der Waals surface area contributed by atoms with Gasteiger partial charge in [0.1, 0.15) is 0 Å². The van der Waals surface area contributed by atoms with Crippen LogP contribution in [0.25, 0.3) is 0 Å². The molecule has 94 valence electrons. The Labute approximate surface area is 104 Å². The summed E-state index contributed by atoms with van der Waals surface area (Å²) in [5, 5.41) is 0. The number of ether oxygens (including phenoxy) is 1. The van der Waals surface area contributed by atoms with E-state index in [4.69, 9.17) is 16.3 Å². The number of morpholine rings is 1. The lowest BCUT2D eigenvalue weighted by molar-refractivity contribution is -0.00308. The fraction of sp³-hybridized carbons (Fsp3) is 0.500. The van der Waals surface area contributed by atoms with Gasteiger partial charge in [-0.2, -0.15) is 0 Å². The molecule has 1 aliphatic rings. The van der Waals surface area contributed by atoms with E-state index < -0.39 is 11.6 Å². The Bertz CT molecular complexity index is 389. The van der Waals surface area contributed by atoms with Crippen LogP contribution in [0, 0.1) is 11.6 Å². The Morgan fingerprint density at radius 2 is 2.18 bits per heavy atom. The van der Waals surface area contributed by atoms with Gasteiger partial charge >= 0.3 is 0 Å². The summed E-state index contributed by atoms with van der Waals surface area (Å²) in [6.45, 7) is 2.57. The molecule has 1 fully saturated rings. The zero-order valence-electron chi connectivity index (χ0n) is 9.33. The maximum Gasteiger partial charge on any atom is 0.159 e. The third-order valence-corrected chi connectivity index (χ3v) is 3.25. The SMILES string of the molecule is Fc1ccc(CN2CCOCC2CCl)cc1F. The smallest absolute Gasteiger partial charge is 0.159 e. The van der Waals surface area contributed by atoms with E-state index >= 15 is 0 Å². The van der Waals surface area contributed by atoms with Gasteiger partial charge in [0.15, 0.2) is 11.6 Å². The van der Waals surface area contributed by atoms with Gasteiger partial charge in [0.05, 0.1) is 13.2 Å². The summed E-state index contributed by atoms with van der Waals surface area (Å²) in [6.07, 6.45) is 0. The lowest BCUT2D eigenvalue weighted by Gasteiger charge is -2.34. The molecule has 1 aromatic carbocycles. The van der Waals surface area contributed by atoms with Crippen LogP contribution in [0.2, 0.25) is 0 Å². The van der Waals surface area contributed by atoms with Crippen molar-refractivity contribution in [3.63, 3.8) is 0 Å². The molecule has 1 saturated heterocycles. The molecule has 0 N–H and O–H groups in total. The highest BCUT2D eigenvalue weighted by Gasteiger charge is 2.22. The van der Waals surface area contributed by atoms with E-state index in [0.29, 0.717) is 25.6 Å². The third kappa shape index (κ3) is 3.15. The Hall–Kier alpha value is -0.710. The van der Waals surface area contributed by atoms with Gasteiger partial charge < -0.3 is 4.74 Å². The summed E-state index contributed by atoms with van der Waals surface area (Å²) in [5.74, 6) is -1.15. The van der Waals surface area contributed by atoms with Gasteiger partial charge in [-0.05, 0) is 17.7 Å². The highest BCUT2D eigenvalue weighted by atomic mass is 35.5. The number of benzene rings is 1. The van der Waals surface area contributed by atoms with E-state index in [1.165, 1.54) is 6.07 Å². The second-order valence-corrected chi connectivity index (χ2v) is 4.41. The van der Waals surface area contributed by atoms with Gasteiger partial charge in [0.25, 0.3) is 0 Å². The first-order chi connectivity index (χ1) is 8.20. The zero-order valence-corrected chi connectivity index (χ0v) is 10.1. The first-order valence-corrected chi connectivity index (χ1v) is 6.06. The van der Waals surface area contributed by atoms with Crippen molar-refractivity contribution in [3.05, 3.63) is 35.4 Å². The van der Waals surface area contributed by atoms with E-state index in [9.17, 15) is 8.78 Å². The molecule has 0 spiro atoms. The summed E-state index contributed by atoms with van der Waals surface area (Å²) in [4.78, 5) is 2.13. The van der Waals surface area contributed by atoms with Crippen LogP contribution in [0.3, 0.4) is 0 Å². The molecule has 1 atom stereocenters. The minimum Gasteiger partial charge on any atom is -0.378 e. The molecule has 17 heavy (non-hydrogen) atoms. The van der Waals surface area contributed by atoms with Gasteiger partial charge in [0, 0.05) is 25.0 Å². The van der Waals surface area contributed by atoms with Gasteiger partial charge in [-0.25, -0.2) is 8.78 Å². The van der Waals surface area contributed by atoms with E-state index in [1.807, 2.05) is 0 Å². The van der Waals surface area contributed by atoms with Crippen molar-refractivity contribution < 1.29 is 13.5 Å². The first kappa shape index (κ1) is 12.7. The fourth-order valence-corrected chi connectivity index (χ4v) is 2.20. The van der Waals surface area contributed by atoms with Crippen LogP contribution in [0.1, 0.15) is 5.56 Å². The highest BCUT2D eigenvalue weighted by molar-refractivity contribution is 6.18. The Balaban J connectivity index is 2.05. The number of alkyl halides is 1. The van der Waals surface area contributed by atoms with Crippen molar-refractivity contribution in [3.8, 4) is 0 Å². The van der Waals surface area contributed by atoms with Crippen LogP contribution >= 0.6 is 11.6 Å². The van der Waals surface area contributed by atoms with Crippen LogP contribution < -0.4 is 0 Å². The minimum absolute atomic E-state index is 0.138. The predicted octanol–water partition coefficient (Wildman–Crippen LogP) is 2.40. The van der Waals surface area contributed by atoms with Crippen molar-refractivity contribution in [2.24, 2.45) is 0 Å². The van der Waals surface area contributed by atoms with Crippen molar-refractivity contribution in [2.75, 3.05) is 25.6 Å². The van der Waals surface area contributed by atoms with Gasteiger partial charge in [-0.1, -0.05) is 6.07 Å². The molecule has 5 heteroatoms. The van der Waals surface area contributed by atoms with Crippen LogP contribution in [0.15, 0.2) is 18.2 Å². The molecule has 1 unspecified atom stereocenters. The number of hydrogen-bond acceptors (Lipinski definition) is 2. The normalized spacial score (nSPS) is 21.7. The molecule has 0 aromatic heterocycles. The Kier molecular flexibility index (Phi) is 4.31. The van der Waals surface area contributed by atoms with E-state index in [-0.39, 0.29) is 6.04 Å². The molecule has 0 radical (unpaired) electrons. The topological polar surface area (TPSA) is 12.5 Å². The summed E-state index contributed by atoms with van der Waals surface area (Å²) < 4.78 is 31.2. The van der Waals surface area contributed by atoms with E-state index in [0.717, 1.165) is 18.2 Å². The average molecular weight is 262 g/mol. The average Bonchev–Trinajstić information content (AvgIpc) is 2.34. The molecular weight excluding hydrogens is 248 g/mol. The molecular formula is C12H14ClF2NO. The summed E-state index contributed by atoms with van der Waals surface area (Å²) in [5.41, 5.74) is 0.751. The third-order valence-electron chi connectivity index (χ3n) is 2.90. The molecule has 2 nitrogen and oxygen atoms in total. The van der Waals surface area contributed by atoms with Gasteiger partial charge in [-0.15, -0.1) is 11.6 Å². The maximum absolute atomic E-state index is 13.1. The molecule has 2 rings (SSSR count). The Morgan fingerprint density at radius 1 is 1.35 bits per heavy atom. The lowest BCUT2D eigenvalue weighted by atomic mass is 10.1. The van der Waals surface area contributed by atoms with Crippen molar-refractivity contribution in [1.29, 1.82) is 0 Å². The second-order valence-electron chi connectivity index (χ2n) is 4.10. The highest BCUT2D eigenvalue weighted by Crippen LogP contribution is 2.15. The molecule has 0 saturated carbocycles. The van der Waals surface area contributed by atoms with Gasteiger partial charge in [0.2, 0.25) is 0 Å². The van der Waals surface area contributed by atoms with Crippen LogP contribution in [-0.2, 0) is 11.3 Å². The number of halogens is 3. The second kappa shape index (κ2) is 5.76. The number of nitrogens with zero attached hydrogens (tertiary/aromatic N) is 1. The monoisotopic (exact) mass is 261 g/mol. The molecule has 1 heterocycles. The zero-order chi connectivity index (χ0) is 12.3. The van der Waals surface area contributed by atoms with Crippen molar-refractivity contribution >= 4 is 11.6 Å². The first-order valence-electron chi connectivity index (χ1n) is 5.52. The standard InChI is InChI=1S/C12H14ClF2NO/c13-6-10-8-17-4-3-16(10)7-9-1-2-11(14)12(15)5-9/h1-2,5,10H,3-4,6-8H2. The molecule has 0 aliphatic carbocycles. The largest absolute Gasteiger partial charge is 0.378 e. The molecule has 1 aromatic rings. The molecule has 0 bridgehead atoms.